The Labute approximate surface area is 149 Å². The average molecular weight is 387 g/mol. The molecule has 1 heterocycles. The van der Waals surface area contributed by atoms with Gasteiger partial charge in [-0.25, -0.2) is 4.98 Å². The first-order chi connectivity index (χ1) is 10.9. The number of halogens is 1. The molecular weight excluding hydrogens is 368 g/mol. The summed E-state index contributed by atoms with van der Waals surface area (Å²) in [6.45, 7) is 6.68. The smallest absolute Gasteiger partial charge is 0.187 e. The first-order valence-electron chi connectivity index (χ1n) is 7.51. The van der Waals surface area contributed by atoms with E-state index in [9.17, 15) is 0 Å². The molecule has 0 saturated carbocycles. The zero-order valence-corrected chi connectivity index (χ0v) is 15.8. The summed E-state index contributed by atoms with van der Waals surface area (Å²) < 4.78 is 1.07. The summed E-state index contributed by atoms with van der Waals surface area (Å²) >= 11 is 5.06. The number of nitrogens with one attached hydrogen (secondary N) is 1. The molecule has 4 heteroatoms. The van der Waals surface area contributed by atoms with Crippen LogP contribution in [-0.4, -0.2) is 4.98 Å². The van der Waals surface area contributed by atoms with Gasteiger partial charge in [-0.3, -0.25) is 0 Å². The Morgan fingerprint density at radius 2 is 1.61 bits per heavy atom. The Kier molecular flexibility index (Phi) is 4.55. The molecule has 1 N–H and O–H groups in total. The highest BCUT2D eigenvalue weighted by atomic mass is 79.9. The van der Waals surface area contributed by atoms with E-state index in [1.807, 2.05) is 24.3 Å². The number of rotatable bonds is 3. The molecule has 2 aromatic carbocycles. The molecule has 23 heavy (non-hydrogen) atoms. The Balaban J connectivity index is 1.77. The maximum atomic E-state index is 4.69. The highest BCUT2D eigenvalue weighted by molar-refractivity contribution is 9.10. The molecule has 0 bridgehead atoms. The molecule has 118 valence electrons. The standard InChI is InChI=1S/C19H19BrN2S/c1-19(2,3)14-6-4-13(5-7-14)17-12-23-18(22-17)21-16-10-8-15(20)9-11-16/h4-12H,1-3H3,(H,21,22). The van der Waals surface area contributed by atoms with Crippen molar-refractivity contribution in [2.45, 2.75) is 26.2 Å². The van der Waals surface area contributed by atoms with E-state index < -0.39 is 0 Å². The molecule has 0 atom stereocenters. The lowest BCUT2D eigenvalue weighted by atomic mass is 9.86. The van der Waals surface area contributed by atoms with Crippen LogP contribution >= 0.6 is 27.3 Å². The molecular formula is C19H19BrN2S. The van der Waals surface area contributed by atoms with Gasteiger partial charge in [-0.2, -0.15) is 0 Å². The summed E-state index contributed by atoms with van der Waals surface area (Å²) in [4.78, 5) is 4.69. The van der Waals surface area contributed by atoms with E-state index in [0.717, 1.165) is 26.5 Å². The summed E-state index contributed by atoms with van der Waals surface area (Å²) in [6.07, 6.45) is 0. The summed E-state index contributed by atoms with van der Waals surface area (Å²) in [5.41, 5.74) is 4.71. The SMILES string of the molecule is CC(C)(C)c1ccc(-c2csc(Nc3ccc(Br)cc3)n2)cc1. The lowest BCUT2D eigenvalue weighted by Crippen LogP contribution is -2.10. The first kappa shape index (κ1) is 16.2. The highest BCUT2D eigenvalue weighted by Gasteiger charge is 2.13. The number of anilines is 2. The number of aromatic nitrogens is 1. The second-order valence-corrected chi connectivity index (χ2v) is 8.27. The number of benzene rings is 2. The van der Waals surface area contributed by atoms with Crippen LogP contribution < -0.4 is 5.32 Å². The lowest BCUT2D eigenvalue weighted by molar-refractivity contribution is 0.590. The van der Waals surface area contributed by atoms with Gasteiger partial charge in [-0.05, 0) is 35.2 Å². The third-order valence-corrected chi connectivity index (χ3v) is 4.93. The van der Waals surface area contributed by atoms with E-state index in [2.05, 4.69) is 76.6 Å². The highest BCUT2D eigenvalue weighted by Crippen LogP contribution is 2.29. The van der Waals surface area contributed by atoms with Crippen LogP contribution in [-0.2, 0) is 5.41 Å². The van der Waals surface area contributed by atoms with Crippen molar-refractivity contribution >= 4 is 38.1 Å². The normalized spacial score (nSPS) is 11.5. The molecule has 0 radical (unpaired) electrons. The Bertz CT molecular complexity index is 783. The van der Waals surface area contributed by atoms with Crippen LogP contribution in [0.5, 0.6) is 0 Å². The summed E-state index contributed by atoms with van der Waals surface area (Å²) in [7, 11) is 0. The van der Waals surface area contributed by atoms with Crippen molar-refractivity contribution in [3.63, 3.8) is 0 Å². The van der Waals surface area contributed by atoms with Gasteiger partial charge >= 0.3 is 0 Å². The van der Waals surface area contributed by atoms with Gasteiger partial charge in [0, 0.05) is 21.1 Å². The summed E-state index contributed by atoms with van der Waals surface area (Å²) in [6, 6.07) is 16.8. The summed E-state index contributed by atoms with van der Waals surface area (Å²) in [5, 5.41) is 6.34. The first-order valence-corrected chi connectivity index (χ1v) is 9.18. The third kappa shape index (κ3) is 4.01. The average Bonchev–Trinajstić information content (AvgIpc) is 2.97. The van der Waals surface area contributed by atoms with Crippen LogP contribution in [0.15, 0.2) is 58.4 Å². The topological polar surface area (TPSA) is 24.9 Å². The molecule has 3 aromatic rings. The molecule has 0 unspecified atom stereocenters. The lowest BCUT2D eigenvalue weighted by Gasteiger charge is -2.18. The molecule has 0 fully saturated rings. The largest absolute Gasteiger partial charge is 0.332 e. The van der Waals surface area contributed by atoms with Crippen molar-refractivity contribution in [3.05, 3.63) is 63.9 Å². The predicted molar refractivity (Wildman–Crippen MR) is 104 cm³/mol. The Hall–Kier alpha value is -1.65. The van der Waals surface area contributed by atoms with Crippen LogP contribution in [0.25, 0.3) is 11.3 Å². The van der Waals surface area contributed by atoms with Crippen LogP contribution in [0.2, 0.25) is 0 Å². The fraction of sp³-hybridized carbons (Fsp3) is 0.211. The van der Waals surface area contributed by atoms with Gasteiger partial charge in [0.15, 0.2) is 5.13 Å². The van der Waals surface area contributed by atoms with Crippen LogP contribution in [0.3, 0.4) is 0 Å². The van der Waals surface area contributed by atoms with E-state index in [4.69, 9.17) is 0 Å². The molecule has 2 nitrogen and oxygen atoms in total. The molecule has 0 saturated heterocycles. The fourth-order valence-electron chi connectivity index (χ4n) is 2.26. The Morgan fingerprint density at radius 1 is 0.957 bits per heavy atom. The quantitative estimate of drug-likeness (QED) is 0.547. The van der Waals surface area contributed by atoms with Gasteiger partial charge < -0.3 is 5.32 Å². The van der Waals surface area contributed by atoms with E-state index in [0.29, 0.717) is 0 Å². The van der Waals surface area contributed by atoms with Crippen molar-refractivity contribution in [3.8, 4) is 11.3 Å². The van der Waals surface area contributed by atoms with Crippen molar-refractivity contribution in [2.75, 3.05) is 5.32 Å². The third-order valence-electron chi connectivity index (χ3n) is 3.65. The van der Waals surface area contributed by atoms with Crippen molar-refractivity contribution in [2.24, 2.45) is 0 Å². The van der Waals surface area contributed by atoms with Crippen molar-refractivity contribution in [1.82, 2.24) is 4.98 Å². The van der Waals surface area contributed by atoms with E-state index >= 15 is 0 Å². The van der Waals surface area contributed by atoms with E-state index in [1.165, 1.54) is 5.56 Å². The molecule has 3 rings (SSSR count). The monoisotopic (exact) mass is 386 g/mol. The van der Waals surface area contributed by atoms with Gasteiger partial charge in [0.2, 0.25) is 0 Å². The van der Waals surface area contributed by atoms with Gasteiger partial charge in [-0.15, -0.1) is 11.3 Å². The predicted octanol–water partition coefficient (Wildman–Crippen LogP) is 6.61. The second kappa shape index (κ2) is 6.46. The minimum absolute atomic E-state index is 0.175. The molecule has 1 aromatic heterocycles. The molecule has 0 spiro atoms. The van der Waals surface area contributed by atoms with Crippen LogP contribution in [0, 0.1) is 0 Å². The zero-order valence-electron chi connectivity index (χ0n) is 13.4. The summed E-state index contributed by atoms with van der Waals surface area (Å²) in [5.74, 6) is 0. The van der Waals surface area contributed by atoms with Crippen LogP contribution in [0.4, 0.5) is 10.8 Å². The van der Waals surface area contributed by atoms with Gasteiger partial charge in [0.25, 0.3) is 0 Å². The van der Waals surface area contributed by atoms with Gasteiger partial charge in [-0.1, -0.05) is 61.0 Å². The second-order valence-electron chi connectivity index (χ2n) is 6.50. The molecule has 0 aliphatic rings. The minimum atomic E-state index is 0.175. The van der Waals surface area contributed by atoms with E-state index in [-0.39, 0.29) is 5.41 Å². The zero-order chi connectivity index (χ0) is 16.4. The maximum absolute atomic E-state index is 4.69. The molecule has 0 aliphatic carbocycles. The molecule has 0 amide bonds. The van der Waals surface area contributed by atoms with Gasteiger partial charge in [0.1, 0.15) is 0 Å². The minimum Gasteiger partial charge on any atom is -0.332 e. The molecule has 0 aliphatic heterocycles. The van der Waals surface area contributed by atoms with Crippen molar-refractivity contribution < 1.29 is 0 Å². The number of hydrogen-bond acceptors (Lipinski definition) is 3. The maximum Gasteiger partial charge on any atom is 0.187 e. The van der Waals surface area contributed by atoms with Crippen molar-refractivity contribution in [1.29, 1.82) is 0 Å². The van der Waals surface area contributed by atoms with E-state index in [1.54, 1.807) is 11.3 Å². The Morgan fingerprint density at radius 3 is 2.22 bits per heavy atom. The number of nitrogens with zero attached hydrogens (tertiary/aromatic N) is 1. The van der Waals surface area contributed by atoms with Crippen LogP contribution in [0.1, 0.15) is 26.3 Å². The fourth-order valence-corrected chi connectivity index (χ4v) is 3.27. The van der Waals surface area contributed by atoms with Gasteiger partial charge in [0.05, 0.1) is 5.69 Å². The number of hydrogen-bond donors (Lipinski definition) is 1. The number of thiazole rings is 1.